The third-order valence-corrected chi connectivity index (χ3v) is 7.06. The average molecular weight is 463 g/mol. The van der Waals surface area contributed by atoms with Crippen LogP contribution in [0.5, 0.6) is 0 Å². The van der Waals surface area contributed by atoms with Crippen LogP contribution in [0.3, 0.4) is 0 Å². The van der Waals surface area contributed by atoms with Gasteiger partial charge in [0, 0.05) is 6.04 Å². The van der Waals surface area contributed by atoms with Crippen LogP contribution >= 0.6 is 12.4 Å². The summed E-state index contributed by atoms with van der Waals surface area (Å²) in [6.07, 6.45) is 6.52. The van der Waals surface area contributed by atoms with E-state index >= 15 is 0 Å². The molecule has 4 heteroatoms. The summed E-state index contributed by atoms with van der Waals surface area (Å²) in [6.45, 7) is 1.02. The first-order valence-electron chi connectivity index (χ1n) is 11.9. The number of rotatable bonds is 10. The van der Waals surface area contributed by atoms with E-state index in [4.69, 9.17) is 5.73 Å². The second kappa shape index (κ2) is 12.0. The molecule has 3 aromatic rings. The summed E-state index contributed by atoms with van der Waals surface area (Å²) >= 11 is 0. The van der Waals surface area contributed by atoms with E-state index in [1.165, 1.54) is 12.0 Å². The molecule has 1 aliphatic rings. The normalized spacial score (nSPS) is 17.9. The molecule has 2 atom stereocenters. The molecule has 0 bridgehead atoms. The number of unbranched alkanes of at least 4 members (excludes halogenated alkanes) is 1. The maximum absolute atomic E-state index is 13.2. The molecule has 0 saturated heterocycles. The van der Waals surface area contributed by atoms with Crippen molar-refractivity contribution in [3.63, 3.8) is 0 Å². The Hall–Kier alpha value is -2.62. The lowest BCUT2D eigenvalue weighted by atomic mass is 9.64. The van der Waals surface area contributed by atoms with E-state index < -0.39 is 5.41 Å². The van der Waals surface area contributed by atoms with E-state index in [0.29, 0.717) is 6.04 Å². The molecule has 0 aliphatic heterocycles. The molecule has 1 saturated carbocycles. The van der Waals surface area contributed by atoms with Crippen molar-refractivity contribution in [2.45, 2.75) is 50.0 Å². The Morgan fingerprint density at radius 3 is 1.91 bits per heavy atom. The SMILES string of the molecule is Cl.NC(=O)C(c1ccccc1)(c1ccccc1)C1CCC(NCCCCc2ccccc2)C1. The van der Waals surface area contributed by atoms with Crippen LogP contribution in [0, 0.1) is 5.92 Å². The number of nitrogens with two attached hydrogens (primary N) is 1. The minimum Gasteiger partial charge on any atom is -0.369 e. The van der Waals surface area contributed by atoms with Crippen molar-refractivity contribution in [3.05, 3.63) is 108 Å². The lowest BCUT2D eigenvalue weighted by molar-refractivity contribution is -0.123. The highest BCUT2D eigenvalue weighted by molar-refractivity contribution is 5.91. The summed E-state index contributed by atoms with van der Waals surface area (Å²) < 4.78 is 0. The topological polar surface area (TPSA) is 55.1 Å². The lowest BCUT2D eigenvalue weighted by Crippen LogP contribution is -2.48. The molecular weight excluding hydrogens is 428 g/mol. The third-order valence-electron chi connectivity index (χ3n) is 7.06. The molecule has 1 amide bonds. The van der Waals surface area contributed by atoms with Gasteiger partial charge in [0.1, 0.15) is 5.41 Å². The van der Waals surface area contributed by atoms with Gasteiger partial charge in [0.15, 0.2) is 0 Å². The standard InChI is InChI=1S/C29H34N2O.ClH/c30-28(32)29(24-15-6-2-7-16-24,25-17-8-3-9-18-25)26-19-20-27(22-26)31-21-11-10-14-23-12-4-1-5-13-23;/h1-9,12-13,15-18,26-27,31H,10-11,14,19-22H2,(H2,30,32);1H. The van der Waals surface area contributed by atoms with Gasteiger partial charge in [0.05, 0.1) is 0 Å². The van der Waals surface area contributed by atoms with Gasteiger partial charge in [-0.1, -0.05) is 91.0 Å². The number of hydrogen-bond acceptors (Lipinski definition) is 2. The quantitative estimate of drug-likeness (QED) is 0.382. The molecule has 3 nitrogen and oxygen atoms in total. The smallest absolute Gasteiger partial charge is 0.232 e. The van der Waals surface area contributed by atoms with Crippen LogP contribution in [0.1, 0.15) is 48.8 Å². The van der Waals surface area contributed by atoms with E-state index in [1.54, 1.807) is 0 Å². The zero-order valence-electron chi connectivity index (χ0n) is 19.2. The summed E-state index contributed by atoms with van der Waals surface area (Å²) in [6, 6.07) is 31.4. The molecule has 3 aromatic carbocycles. The molecule has 0 heterocycles. The Labute approximate surface area is 204 Å². The lowest BCUT2D eigenvalue weighted by Gasteiger charge is -2.37. The van der Waals surface area contributed by atoms with E-state index in [9.17, 15) is 4.79 Å². The summed E-state index contributed by atoms with van der Waals surface area (Å²) in [5, 5.41) is 3.76. The van der Waals surface area contributed by atoms with Gasteiger partial charge >= 0.3 is 0 Å². The molecule has 2 unspecified atom stereocenters. The second-order valence-corrected chi connectivity index (χ2v) is 9.01. The highest BCUT2D eigenvalue weighted by Crippen LogP contribution is 2.46. The molecule has 1 fully saturated rings. The van der Waals surface area contributed by atoms with Gasteiger partial charge in [-0.25, -0.2) is 0 Å². The van der Waals surface area contributed by atoms with E-state index in [2.05, 4.69) is 59.9 Å². The van der Waals surface area contributed by atoms with Gasteiger partial charge in [0.25, 0.3) is 0 Å². The van der Waals surface area contributed by atoms with Crippen molar-refractivity contribution in [3.8, 4) is 0 Å². The van der Waals surface area contributed by atoms with Crippen LogP contribution in [0.25, 0.3) is 0 Å². The number of carbonyl (C=O) groups is 1. The number of amides is 1. The number of halogens is 1. The van der Waals surface area contributed by atoms with Crippen LogP contribution in [0.2, 0.25) is 0 Å². The highest BCUT2D eigenvalue weighted by Gasteiger charge is 2.49. The first kappa shape index (κ1) is 25.0. The fraction of sp³-hybridized carbons (Fsp3) is 0.345. The van der Waals surface area contributed by atoms with Crippen LogP contribution < -0.4 is 11.1 Å². The highest BCUT2D eigenvalue weighted by atomic mass is 35.5. The number of carbonyl (C=O) groups excluding carboxylic acids is 1. The number of nitrogens with one attached hydrogen (secondary N) is 1. The number of benzene rings is 3. The van der Waals surface area contributed by atoms with Gasteiger partial charge in [-0.15, -0.1) is 12.4 Å². The van der Waals surface area contributed by atoms with Gasteiger partial charge in [-0.2, -0.15) is 0 Å². The summed E-state index contributed by atoms with van der Waals surface area (Å²) in [4.78, 5) is 13.2. The molecule has 0 aromatic heterocycles. The Balaban J connectivity index is 0.00000306. The monoisotopic (exact) mass is 462 g/mol. The fourth-order valence-corrected chi connectivity index (χ4v) is 5.49. The van der Waals surface area contributed by atoms with Crippen molar-refractivity contribution in [2.75, 3.05) is 6.54 Å². The van der Waals surface area contributed by atoms with Crippen molar-refractivity contribution >= 4 is 18.3 Å². The molecule has 1 aliphatic carbocycles. The summed E-state index contributed by atoms with van der Waals surface area (Å²) in [5.74, 6) is -0.0602. The Morgan fingerprint density at radius 1 is 0.818 bits per heavy atom. The largest absolute Gasteiger partial charge is 0.369 e. The average Bonchev–Trinajstić information content (AvgIpc) is 3.30. The first-order chi connectivity index (χ1) is 15.7. The molecule has 0 spiro atoms. The molecule has 0 radical (unpaired) electrons. The van der Waals surface area contributed by atoms with Crippen molar-refractivity contribution in [2.24, 2.45) is 11.7 Å². The van der Waals surface area contributed by atoms with Crippen LogP contribution in [0.15, 0.2) is 91.0 Å². The van der Waals surface area contributed by atoms with Crippen molar-refractivity contribution in [1.29, 1.82) is 0 Å². The van der Waals surface area contributed by atoms with Crippen molar-refractivity contribution in [1.82, 2.24) is 5.32 Å². The van der Waals surface area contributed by atoms with Crippen LogP contribution in [0.4, 0.5) is 0 Å². The number of hydrogen-bond donors (Lipinski definition) is 2. The van der Waals surface area contributed by atoms with Gasteiger partial charge in [-0.3, -0.25) is 4.79 Å². The van der Waals surface area contributed by atoms with Gasteiger partial charge in [0.2, 0.25) is 5.91 Å². The molecular formula is C29H35ClN2O. The number of aryl methyl sites for hydroxylation is 1. The maximum atomic E-state index is 13.2. The molecule has 33 heavy (non-hydrogen) atoms. The molecule has 3 N–H and O–H groups in total. The Kier molecular flexibility index (Phi) is 9.11. The predicted octanol–water partition coefficient (Wildman–Crippen LogP) is 5.66. The zero-order chi connectivity index (χ0) is 22.2. The maximum Gasteiger partial charge on any atom is 0.232 e. The fourth-order valence-electron chi connectivity index (χ4n) is 5.49. The minimum atomic E-state index is -0.785. The Morgan fingerprint density at radius 2 is 1.36 bits per heavy atom. The minimum absolute atomic E-state index is 0. The first-order valence-corrected chi connectivity index (χ1v) is 11.9. The summed E-state index contributed by atoms with van der Waals surface area (Å²) in [7, 11) is 0. The van der Waals surface area contributed by atoms with Gasteiger partial charge < -0.3 is 11.1 Å². The molecule has 4 rings (SSSR count). The van der Waals surface area contributed by atoms with E-state index in [-0.39, 0.29) is 24.2 Å². The van der Waals surface area contributed by atoms with Crippen LogP contribution in [-0.4, -0.2) is 18.5 Å². The number of primary amides is 1. The summed E-state index contributed by atoms with van der Waals surface area (Å²) in [5.41, 5.74) is 8.83. The van der Waals surface area contributed by atoms with E-state index in [0.717, 1.165) is 49.8 Å². The Bertz CT molecular complexity index is 939. The second-order valence-electron chi connectivity index (χ2n) is 9.01. The molecule has 174 valence electrons. The van der Waals surface area contributed by atoms with Gasteiger partial charge in [-0.05, 0) is 67.7 Å². The van der Waals surface area contributed by atoms with E-state index in [1.807, 2.05) is 36.4 Å². The predicted molar refractivity (Wildman–Crippen MR) is 139 cm³/mol. The third kappa shape index (κ3) is 5.66. The van der Waals surface area contributed by atoms with Crippen molar-refractivity contribution < 1.29 is 4.79 Å². The van der Waals surface area contributed by atoms with Crippen LogP contribution in [-0.2, 0) is 16.6 Å². The zero-order valence-corrected chi connectivity index (χ0v) is 20.0.